The predicted octanol–water partition coefficient (Wildman–Crippen LogP) is 6.34. The van der Waals surface area contributed by atoms with Crippen molar-refractivity contribution in [2.45, 2.75) is 71.3 Å². The molecule has 6 nitrogen and oxygen atoms in total. The lowest BCUT2D eigenvalue weighted by molar-refractivity contribution is 0.0214. The van der Waals surface area contributed by atoms with E-state index in [2.05, 4.69) is 56.6 Å². The minimum Gasteiger partial charge on any atom is -0.444 e. The molecule has 1 amide bonds. The molecule has 3 aromatic rings. The van der Waals surface area contributed by atoms with E-state index in [1.807, 2.05) is 45.0 Å². The molecule has 0 saturated heterocycles. The molecule has 7 heteroatoms. The van der Waals surface area contributed by atoms with E-state index in [-0.39, 0.29) is 12.1 Å². The number of aryl methyl sites for hydroxylation is 1. The van der Waals surface area contributed by atoms with Gasteiger partial charge in [-0.15, -0.1) is 0 Å². The molecule has 0 spiro atoms. The Hall–Kier alpha value is -2.77. The Balaban J connectivity index is 1.40. The number of amides is 1. The third kappa shape index (κ3) is 7.36. The van der Waals surface area contributed by atoms with Crippen LogP contribution < -0.4 is 5.32 Å². The van der Waals surface area contributed by atoms with Crippen molar-refractivity contribution in [1.29, 1.82) is 0 Å². The lowest BCUT2D eigenvalue weighted by Gasteiger charge is -2.27. The summed E-state index contributed by atoms with van der Waals surface area (Å²) in [5.74, 6) is 0. The van der Waals surface area contributed by atoms with Gasteiger partial charge in [0.15, 0.2) is 0 Å². The average molecular weight is 538 g/mol. The summed E-state index contributed by atoms with van der Waals surface area (Å²) in [5.41, 5.74) is 5.00. The van der Waals surface area contributed by atoms with Crippen LogP contribution in [-0.2, 0) is 30.8 Å². The fraction of sp³-hybridized carbons (Fsp3) is 0.393. The third-order valence-corrected chi connectivity index (χ3v) is 6.37. The van der Waals surface area contributed by atoms with E-state index < -0.39 is 5.60 Å². The Kier molecular flexibility index (Phi) is 8.19. The number of halogens is 1. The van der Waals surface area contributed by atoms with Gasteiger partial charge in [-0.25, -0.2) is 9.78 Å². The normalized spacial score (nSPS) is 15.4. The molecule has 35 heavy (non-hydrogen) atoms. The SMILES string of the molecule is CC(C)(C)OC(=O)N(Cc1ccc(CNC2CCCc3ccc(Br)nc32)cc1)Cc1ccccn1. The van der Waals surface area contributed by atoms with Crippen molar-refractivity contribution in [1.82, 2.24) is 20.2 Å². The van der Waals surface area contributed by atoms with Crippen LogP contribution in [0.3, 0.4) is 0 Å². The lowest BCUT2D eigenvalue weighted by Crippen LogP contribution is -2.36. The van der Waals surface area contributed by atoms with E-state index in [9.17, 15) is 4.79 Å². The van der Waals surface area contributed by atoms with Crippen molar-refractivity contribution in [2.24, 2.45) is 0 Å². The molecule has 184 valence electrons. The molecule has 1 N–H and O–H groups in total. The Bertz CT molecular complexity index is 1130. The van der Waals surface area contributed by atoms with Crippen molar-refractivity contribution in [2.75, 3.05) is 0 Å². The minimum absolute atomic E-state index is 0.261. The van der Waals surface area contributed by atoms with E-state index in [0.29, 0.717) is 13.1 Å². The van der Waals surface area contributed by atoms with Crippen molar-refractivity contribution < 1.29 is 9.53 Å². The quantitative estimate of drug-likeness (QED) is 0.356. The standard InChI is InChI=1S/C28H33BrN4O2/c1-28(2,3)35-27(34)33(19-23-8-4-5-16-30-23)18-21-12-10-20(11-13-21)17-31-24-9-6-7-22-14-15-25(29)32-26(22)24/h4-5,8,10-16,24,31H,6-7,9,17-19H2,1-3H3. The summed E-state index contributed by atoms with van der Waals surface area (Å²) in [6.45, 7) is 7.25. The second kappa shape index (κ2) is 11.3. The van der Waals surface area contributed by atoms with Crippen LogP contribution in [0.2, 0.25) is 0 Å². The molecule has 2 aromatic heterocycles. The summed E-state index contributed by atoms with van der Waals surface area (Å²) in [6.07, 6.45) is 4.75. The highest BCUT2D eigenvalue weighted by molar-refractivity contribution is 9.10. The van der Waals surface area contributed by atoms with Crippen LogP contribution in [0.15, 0.2) is 65.4 Å². The van der Waals surface area contributed by atoms with Crippen LogP contribution >= 0.6 is 15.9 Å². The van der Waals surface area contributed by atoms with Gasteiger partial charge in [-0.3, -0.25) is 9.88 Å². The number of nitrogens with one attached hydrogen (secondary N) is 1. The number of rotatable bonds is 7. The van der Waals surface area contributed by atoms with Gasteiger partial charge in [0.1, 0.15) is 10.2 Å². The number of hydrogen-bond donors (Lipinski definition) is 1. The van der Waals surface area contributed by atoms with Crippen LogP contribution in [0.4, 0.5) is 4.79 Å². The van der Waals surface area contributed by atoms with Gasteiger partial charge in [-0.1, -0.05) is 36.4 Å². The fourth-order valence-corrected chi connectivity index (χ4v) is 4.57. The molecule has 0 radical (unpaired) electrons. The molecular weight excluding hydrogens is 504 g/mol. The molecule has 4 rings (SSSR count). The number of hydrogen-bond acceptors (Lipinski definition) is 5. The maximum absolute atomic E-state index is 12.9. The maximum atomic E-state index is 12.9. The maximum Gasteiger partial charge on any atom is 0.410 e. The molecule has 0 bridgehead atoms. The molecular formula is C28H33BrN4O2. The fourth-order valence-electron chi connectivity index (χ4n) is 4.25. The smallest absolute Gasteiger partial charge is 0.410 e. The average Bonchev–Trinajstić information content (AvgIpc) is 2.83. The van der Waals surface area contributed by atoms with E-state index in [4.69, 9.17) is 9.72 Å². The summed E-state index contributed by atoms with van der Waals surface area (Å²) >= 11 is 3.51. The third-order valence-electron chi connectivity index (χ3n) is 5.93. The van der Waals surface area contributed by atoms with Crippen LogP contribution in [-0.4, -0.2) is 26.6 Å². The molecule has 0 fully saturated rings. The number of carbonyl (C=O) groups is 1. The second-order valence-electron chi connectivity index (χ2n) is 9.98. The van der Waals surface area contributed by atoms with Gasteiger partial charge in [0, 0.05) is 19.3 Å². The van der Waals surface area contributed by atoms with Gasteiger partial charge >= 0.3 is 6.09 Å². The number of ether oxygens (including phenoxy) is 1. The monoisotopic (exact) mass is 536 g/mol. The number of nitrogens with zero attached hydrogens (tertiary/aromatic N) is 3. The molecule has 2 heterocycles. The van der Waals surface area contributed by atoms with E-state index >= 15 is 0 Å². The van der Waals surface area contributed by atoms with E-state index in [1.54, 1.807) is 11.1 Å². The molecule has 1 aliphatic rings. The highest BCUT2D eigenvalue weighted by Crippen LogP contribution is 2.29. The second-order valence-corrected chi connectivity index (χ2v) is 10.8. The van der Waals surface area contributed by atoms with E-state index in [1.165, 1.54) is 17.5 Å². The molecule has 1 unspecified atom stereocenters. The minimum atomic E-state index is -0.558. The zero-order valence-corrected chi connectivity index (χ0v) is 22.2. The number of benzene rings is 1. The van der Waals surface area contributed by atoms with Gasteiger partial charge in [-0.05, 0) is 90.9 Å². The highest BCUT2D eigenvalue weighted by Gasteiger charge is 2.24. The first-order valence-corrected chi connectivity index (χ1v) is 12.9. The zero-order valence-electron chi connectivity index (χ0n) is 20.6. The summed E-state index contributed by atoms with van der Waals surface area (Å²) in [5, 5.41) is 3.68. The Morgan fingerprint density at radius 3 is 2.57 bits per heavy atom. The van der Waals surface area contributed by atoms with Crippen LogP contribution in [0.1, 0.15) is 67.7 Å². The molecule has 1 aliphatic carbocycles. The number of aromatic nitrogens is 2. The van der Waals surface area contributed by atoms with Gasteiger partial charge in [0.25, 0.3) is 0 Å². The zero-order chi connectivity index (χ0) is 24.8. The highest BCUT2D eigenvalue weighted by atomic mass is 79.9. The first-order valence-electron chi connectivity index (χ1n) is 12.1. The topological polar surface area (TPSA) is 67.3 Å². The van der Waals surface area contributed by atoms with Gasteiger partial charge in [0.05, 0.1) is 24.0 Å². The van der Waals surface area contributed by atoms with Crippen molar-refractivity contribution in [3.05, 3.63) is 93.5 Å². The number of pyridine rings is 2. The summed E-state index contributed by atoms with van der Waals surface area (Å²) < 4.78 is 6.53. The van der Waals surface area contributed by atoms with Gasteiger partial charge in [-0.2, -0.15) is 0 Å². The Morgan fingerprint density at radius 1 is 1.09 bits per heavy atom. The summed E-state index contributed by atoms with van der Waals surface area (Å²) in [6, 6.07) is 18.6. The Labute approximate surface area is 216 Å². The van der Waals surface area contributed by atoms with Crippen LogP contribution in [0.25, 0.3) is 0 Å². The molecule has 1 atom stereocenters. The first-order chi connectivity index (χ1) is 16.8. The van der Waals surface area contributed by atoms with Crippen molar-refractivity contribution >= 4 is 22.0 Å². The molecule has 0 saturated carbocycles. The first kappa shape index (κ1) is 25.3. The molecule has 1 aromatic carbocycles. The summed E-state index contributed by atoms with van der Waals surface area (Å²) in [7, 11) is 0. The largest absolute Gasteiger partial charge is 0.444 e. The summed E-state index contributed by atoms with van der Waals surface area (Å²) in [4.78, 5) is 23.7. The van der Waals surface area contributed by atoms with Gasteiger partial charge < -0.3 is 10.1 Å². The van der Waals surface area contributed by atoms with E-state index in [0.717, 1.165) is 40.9 Å². The van der Waals surface area contributed by atoms with Crippen LogP contribution in [0, 0.1) is 0 Å². The van der Waals surface area contributed by atoms with Gasteiger partial charge in [0.2, 0.25) is 0 Å². The molecule has 0 aliphatic heterocycles. The van der Waals surface area contributed by atoms with Crippen molar-refractivity contribution in [3.63, 3.8) is 0 Å². The van der Waals surface area contributed by atoms with Crippen LogP contribution in [0.5, 0.6) is 0 Å². The predicted molar refractivity (Wildman–Crippen MR) is 141 cm³/mol. The number of carbonyl (C=O) groups excluding carboxylic acids is 1. The number of fused-ring (bicyclic) bond motifs is 1. The van der Waals surface area contributed by atoms with Crippen molar-refractivity contribution in [3.8, 4) is 0 Å². The lowest BCUT2D eigenvalue weighted by atomic mass is 9.92. The Morgan fingerprint density at radius 2 is 1.86 bits per heavy atom.